The van der Waals surface area contributed by atoms with E-state index < -0.39 is 0 Å². The second-order valence-corrected chi connectivity index (χ2v) is 24.8. The van der Waals surface area contributed by atoms with Crippen molar-refractivity contribution in [1.82, 2.24) is 0 Å². The topological polar surface area (TPSA) is 0 Å². The van der Waals surface area contributed by atoms with Gasteiger partial charge in [-0.1, -0.05) is 176 Å². The molecule has 0 nitrogen and oxygen atoms in total. The third-order valence-electron chi connectivity index (χ3n) is 20.2. The Hall–Kier alpha value is -2.60. The molecular weight excluding hydrogens is 829 g/mol. The van der Waals surface area contributed by atoms with Gasteiger partial charge >= 0.3 is 0 Å². The van der Waals surface area contributed by atoms with Crippen molar-refractivity contribution in [2.45, 2.75) is 258 Å². The van der Waals surface area contributed by atoms with Gasteiger partial charge in [0.05, 0.1) is 0 Å². The van der Waals surface area contributed by atoms with E-state index in [0.717, 1.165) is 71.0 Å². The first kappa shape index (κ1) is 54.2. The molecule has 6 saturated carbocycles. The largest absolute Gasteiger partial charge is 0.103 e. The van der Waals surface area contributed by atoms with Gasteiger partial charge in [0.1, 0.15) is 0 Å². The highest BCUT2D eigenvalue weighted by Gasteiger charge is 2.34. The molecule has 6 aliphatic carbocycles. The van der Waals surface area contributed by atoms with Crippen LogP contribution in [-0.2, 0) is 12.8 Å². The molecule has 6 aliphatic rings. The summed E-state index contributed by atoms with van der Waals surface area (Å²) in [6.07, 6.45) is 48.3. The van der Waals surface area contributed by atoms with Crippen molar-refractivity contribution in [3.05, 3.63) is 119 Å². The van der Waals surface area contributed by atoms with Crippen LogP contribution in [-0.4, -0.2) is 0 Å². The lowest BCUT2D eigenvalue weighted by atomic mass is 9.68. The summed E-state index contributed by atoms with van der Waals surface area (Å²) >= 11 is 0. The van der Waals surface area contributed by atoms with Gasteiger partial charge in [0.2, 0.25) is 0 Å². The molecule has 0 radical (unpaired) electrons. The monoisotopic (exact) mass is 935 g/mol. The maximum Gasteiger partial charge on any atom is -0.0162 e. The standard InChI is InChI=1S/C24H38.C23H34.C22H34/c1-3-5-19-7-11-21(12-8-19)23-15-17-24(18-16-23)22-13-9-20(6-4-2)10-14-22;1-3-5-19-8-12-21(13-9-19)23-16-14-22(15-17-23)20-10-6-18(4-2)7-11-20;1-3-4-18-7-11-20(12-8-18)22-15-13-21(14-16-22)19-9-5-17(2)6-10-19/h7-8,11-12,20,22-24H,3-6,9-10,13-18H2,1-2H3;4,8-9,12-13,18,20,22-23H,2-3,5-7,10-11,14-17H2,1H3;5-6,9-10,18,20-22H,3-4,7-8,11-16H2,1-2H3. The van der Waals surface area contributed by atoms with E-state index in [-0.39, 0.29) is 0 Å². The van der Waals surface area contributed by atoms with Gasteiger partial charge in [-0.2, -0.15) is 0 Å². The zero-order chi connectivity index (χ0) is 48.2. The van der Waals surface area contributed by atoms with Gasteiger partial charge < -0.3 is 0 Å². The Morgan fingerprint density at radius 2 is 0.623 bits per heavy atom. The molecule has 3 aromatic rings. The van der Waals surface area contributed by atoms with Gasteiger partial charge in [-0.15, -0.1) is 6.58 Å². The molecule has 6 fully saturated rings. The molecule has 0 unspecified atom stereocenters. The van der Waals surface area contributed by atoms with Crippen LogP contribution in [0.15, 0.2) is 85.5 Å². The van der Waals surface area contributed by atoms with Gasteiger partial charge in [0.25, 0.3) is 0 Å². The average molecular weight is 936 g/mol. The Bertz CT molecular complexity index is 1780. The lowest BCUT2D eigenvalue weighted by molar-refractivity contribution is 0.156. The van der Waals surface area contributed by atoms with E-state index in [1.54, 1.807) is 16.7 Å². The quantitative estimate of drug-likeness (QED) is 0.133. The Kier molecular flexibility index (Phi) is 22.9. The molecule has 3 aromatic carbocycles. The summed E-state index contributed by atoms with van der Waals surface area (Å²) in [5, 5.41) is 0. The van der Waals surface area contributed by atoms with Crippen molar-refractivity contribution in [2.75, 3.05) is 0 Å². The molecule has 0 amide bonds. The zero-order valence-corrected chi connectivity index (χ0v) is 45.8. The molecule has 0 N–H and O–H groups in total. The number of hydrogen-bond acceptors (Lipinski definition) is 0. The second-order valence-electron chi connectivity index (χ2n) is 24.8. The van der Waals surface area contributed by atoms with Gasteiger partial charge in [-0.3, -0.25) is 0 Å². The number of hydrogen-bond donors (Lipinski definition) is 0. The predicted octanol–water partition coefficient (Wildman–Crippen LogP) is 21.3. The van der Waals surface area contributed by atoms with Crippen LogP contribution < -0.4 is 0 Å². The smallest absolute Gasteiger partial charge is 0.0162 e. The van der Waals surface area contributed by atoms with Crippen molar-refractivity contribution >= 4 is 0 Å². The van der Waals surface area contributed by atoms with Crippen LogP contribution in [0.5, 0.6) is 0 Å². The van der Waals surface area contributed by atoms with Crippen LogP contribution in [0.1, 0.15) is 271 Å². The number of rotatable bonds is 15. The molecule has 69 heavy (non-hydrogen) atoms. The fraction of sp³-hybridized carbons (Fsp3) is 0.710. The van der Waals surface area contributed by atoms with E-state index in [1.165, 1.54) is 222 Å². The Morgan fingerprint density at radius 3 is 0.899 bits per heavy atom. The van der Waals surface area contributed by atoms with Crippen LogP contribution >= 0.6 is 0 Å². The van der Waals surface area contributed by atoms with Gasteiger partial charge in [0.15, 0.2) is 0 Å². The molecule has 0 bridgehead atoms. The lowest BCUT2D eigenvalue weighted by Crippen LogP contribution is -2.25. The predicted molar refractivity (Wildman–Crippen MR) is 303 cm³/mol. The van der Waals surface area contributed by atoms with Crippen molar-refractivity contribution < 1.29 is 0 Å². The number of aryl methyl sites for hydroxylation is 3. The second kappa shape index (κ2) is 29.2. The third kappa shape index (κ3) is 16.7. The molecule has 9 rings (SSSR count). The van der Waals surface area contributed by atoms with Crippen molar-refractivity contribution in [1.29, 1.82) is 0 Å². The lowest BCUT2D eigenvalue weighted by Gasteiger charge is -2.38. The van der Waals surface area contributed by atoms with Crippen molar-refractivity contribution in [3.63, 3.8) is 0 Å². The Balaban J connectivity index is 0.000000153. The van der Waals surface area contributed by atoms with E-state index in [2.05, 4.69) is 120 Å². The molecular formula is C69H106. The molecule has 0 aliphatic heterocycles. The van der Waals surface area contributed by atoms with E-state index in [4.69, 9.17) is 0 Å². The van der Waals surface area contributed by atoms with E-state index >= 15 is 0 Å². The summed E-state index contributed by atoms with van der Waals surface area (Å²) in [6.45, 7) is 15.4. The van der Waals surface area contributed by atoms with Crippen molar-refractivity contribution in [2.24, 2.45) is 53.3 Å². The first-order chi connectivity index (χ1) is 33.9. The number of allylic oxidation sites excluding steroid dienone is 1. The summed E-state index contributed by atoms with van der Waals surface area (Å²) < 4.78 is 0. The molecule has 0 saturated heterocycles. The Morgan fingerprint density at radius 1 is 0.348 bits per heavy atom. The SMILES string of the molecule is C=CC1CCC(C2CCC(c3ccc(CCC)cc3)CC2)CC1.CCCC1CCC(C2CCC(c3ccc(C)cc3)CC2)CC1.CCCc1ccc(C2CCC(C3CCC(CCC)CC3)CC2)cc1. The zero-order valence-electron chi connectivity index (χ0n) is 45.8. The highest BCUT2D eigenvalue weighted by molar-refractivity contribution is 5.28. The summed E-state index contributed by atoms with van der Waals surface area (Å²) in [6, 6.07) is 28.5. The Labute approximate surface area is 427 Å². The molecule has 0 aromatic heterocycles. The minimum atomic E-state index is 0.809. The normalized spacial score (nSPS) is 31.8. The fourth-order valence-electron chi connectivity index (χ4n) is 15.7. The first-order valence-electron chi connectivity index (χ1n) is 30.7. The van der Waals surface area contributed by atoms with Crippen LogP contribution in [0.3, 0.4) is 0 Å². The average Bonchev–Trinajstić information content (AvgIpc) is 3.41. The molecule has 382 valence electrons. The van der Waals surface area contributed by atoms with E-state index in [9.17, 15) is 0 Å². The van der Waals surface area contributed by atoms with Crippen LogP contribution in [0.4, 0.5) is 0 Å². The third-order valence-corrected chi connectivity index (χ3v) is 20.2. The van der Waals surface area contributed by atoms with E-state index in [0.29, 0.717) is 0 Å². The summed E-state index contributed by atoms with van der Waals surface area (Å²) in [4.78, 5) is 0. The maximum absolute atomic E-state index is 3.98. The summed E-state index contributed by atoms with van der Waals surface area (Å²) in [5.41, 5.74) is 9.21. The summed E-state index contributed by atoms with van der Waals surface area (Å²) in [5.74, 6) is 11.7. The minimum Gasteiger partial charge on any atom is -0.103 e. The molecule has 0 atom stereocenters. The van der Waals surface area contributed by atoms with Gasteiger partial charge in [-0.25, -0.2) is 0 Å². The molecule has 0 heteroatoms. The van der Waals surface area contributed by atoms with Crippen LogP contribution in [0.2, 0.25) is 0 Å². The van der Waals surface area contributed by atoms with Gasteiger partial charge in [0, 0.05) is 0 Å². The number of benzene rings is 3. The van der Waals surface area contributed by atoms with Crippen LogP contribution in [0, 0.1) is 60.2 Å². The van der Waals surface area contributed by atoms with E-state index in [1.807, 2.05) is 0 Å². The van der Waals surface area contributed by atoms with Crippen molar-refractivity contribution in [3.8, 4) is 0 Å². The summed E-state index contributed by atoms with van der Waals surface area (Å²) in [7, 11) is 0. The fourth-order valence-corrected chi connectivity index (χ4v) is 15.7. The minimum absolute atomic E-state index is 0.809. The van der Waals surface area contributed by atoms with Crippen LogP contribution in [0.25, 0.3) is 0 Å². The highest BCUT2D eigenvalue weighted by atomic mass is 14.4. The molecule has 0 spiro atoms. The molecule has 0 heterocycles. The first-order valence-corrected chi connectivity index (χ1v) is 30.7. The van der Waals surface area contributed by atoms with Gasteiger partial charge in [-0.05, 0) is 247 Å². The highest BCUT2D eigenvalue weighted by Crippen LogP contribution is 2.47. The maximum atomic E-state index is 3.98.